The standard InChI is InChI=1S/C18H29NO2/c1-3-5-12-16(18(20)21)17(13-6-4-2)19-14-15-10-8-7-9-11-15/h7-11,16-17,19H,3-6,12-14H2,1-2H3,(H,20,21). The van der Waals surface area contributed by atoms with Gasteiger partial charge in [-0.2, -0.15) is 0 Å². The van der Waals surface area contributed by atoms with Crippen LogP contribution in [-0.2, 0) is 11.3 Å². The van der Waals surface area contributed by atoms with E-state index in [2.05, 4.69) is 31.3 Å². The molecule has 118 valence electrons. The van der Waals surface area contributed by atoms with Gasteiger partial charge in [-0.25, -0.2) is 0 Å². The molecule has 3 nitrogen and oxygen atoms in total. The van der Waals surface area contributed by atoms with Gasteiger partial charge < -0.3 is 10.4 Å². The van der Waals surface area contributed by atoms with Crippen molar-refractivity contribution in [3.8, 4) is 0 Å². The molecule has 0 bridgehead atoms. The summed E-state index contributed by atoms with van der Waals surface area (Å²) in [7, 11) is 0. The number of carbonyl (C=O) groups is 1. The Morgan fingerprint density at radius 3 is 2.29 bits per heavy atom. The van der Waals surface area contributed by atoms with E-state index in [0.717, 1.165) is 45.1 Å². The molecule has 0 aliphatic rings. The van der Waals surface area contributed by atoms with E-state index in [9.17, 15) is 9.90 Å². The minimum absolute atomic E-state index is 0.0641. The zero-order valence-corrected chi connectivity index (χ0v) is 13.3. The van der Waals surface area contributed by atoms with E-state index in [1.807, 2.05) is 18.2 Å². The van der Waals surface area contributed by atoms with Crippen molar-refractivity contribution in [1.29, 1.82) is 0 Å². The molecule has 0 aliphatic heterocycles. The van der Waals surface area contributed by atoms with Crippen LogP contribution in [0.1, 0.15) is 57.9 Å². The molecule has 0 saturated heterocycles. The van der Waals surface area contributed by atoms with E-state index in [1.165, 1.54) is 5.56 Å². The van der Waals surface area contributed by atoms with E-state index in [-0.39, 0.29) is 12.0 Å². The second-order valence-electron chi connectivity index (χ2n) is 5.70. The summed E-state index contributed by atoms with van der Waals surface area (Å²) in [6.45, 7) is 5.00. The summed E-state index contributed by atoms with van der Waals surface area (Å²) in [6, 6.07) is 10.2. The third-order valence-electron chi connectivity index (χ3n) is 3.95. The molecule has 2 N–H and O–H groups in total. The van der Waals surface area contributed by atoms with Gasteiger partial charge in [0.25, 0.3) is 0 Å². The highest BCUT2D eigenvalue weighted by atomic mass is 16.4. The Morgan fingerprint density at radius 1 is 1.10 bits per heavy atom. The van der Waals surface area contributed by atoms with Crippen LogP contribution in [0.5, 0.6) is 0 Å². The molecule has 2 unspecified atom stereocenters. The van der Waals surface area contributed by atoms with E-state index in [1.54, 1.807) is 0 Å². The summed E-state index contributed by atoms with van der Waals surface area (Å²) in [4.78, 5) is 11.6. The molecule has 0 heterocycles. The first-order valence-corrected chi connectivity index (χ1v) is 8.19. The van der Waals surface area contributed by atoms with E-state index < -0.39 is 5.97 Å². The lowest BCUT2D eigenvalue weighted by molar-refractivity contribution is -0.143. The first-order valence-electron chi connectivity index (χ1n) is 8.19. The normalized spacial score (nSPS) is 13.8. The molecule has 3 heteroatoms. The molecule has 1 aromatic carbocycles. The van der Waals surface area contributed by atoms with Crippen LogP contribution >= 0.6 is 0 Å². The Hall–Kier alpha value is -1.35. The van der Waals surface area contributed by atoms with Crippen molar-refractivity contribution in [3.63, 3.8) is 0 Å². The van der Waals surface area contributed by atoms with Crippen molar-refractivity contribution in [3.05, 3.63) is 35.9 Å². The van der Waals surface area contributed by atoms with E-state index in [0.29, 0.717) is 0 Å². The Kier molecular flexibility index (Phi) is 8.76. The fraction of sp³-hybridized carbons (Fsp3) is 0.611. The first-order chi connectivity index (χ1) is 10.2. The average Bonchev–Trinajstić information content (AvgIpc) is 2.50. The summed E-state index contributed by atoms with van der Waals surface area (Å²) in [5, 5.41) is 13.0. The van der Waals surface area contributed by atoms with Gasteiger partial charge in [-0.05, 0) is 18.4 Å². The molecule has 2 atom stereocenters. The van der Waals surface area contributed by atoms with Gasteiger partial charge in [0.2, 0.25) is 0 Å². The zero-order valence-electron chi connectivity index (χ0n) is 13.3. The number of nitrogens with one attached hydrogen (secondary N) is 1. The minimum Gasteiger partial charge on any atom is -0.481 e. The topological polar surface area (TPSA) is 49.3 Å². The van der Waals surface area contributed by atoms with Crippen molar-refractivity contribution in [1.82, 2.24) is 5.32 Å². The maximum atomic E-state index is 11.6. The molecule has 0 saturated carbocycles. The zero-order chi connectivity index (χ0) is 15.5. The number of carboxylic acid groups (broad SMARTS) is 1. The van der Waals surface area contributed by atoms with Crippen LogP contribution in [0.3, 0.4) is 0 Å². The number of hydrogen-bond donors (Lipinski definition) is 2. The van der Waals surface area contributed by atoms with Crippen molar-refractivity contribution >= 4 is 5.97 Å². The molecule has 0 spiro atoms. The van der Waals surface area contributed by atoms with Gasteiger partial charge in [-0.15, -0.1) is 0 Å². The number of carboxylic acids is 1. The van der Waals surface area contributed by atoms with Gasteiger partial charge in [-0.3, -0.25) is 4.79 Å². The number of hydrogen-bond acceptors (Lipinski definition) is 2. The SMILES string of the molecule is CCCCC(NCc1ccccc1)C(CCCC)C(=O)O. The van der Waals surface area contributed by atoms with Gasteiger partial charge in [0, 0.05) is 12.6 Å². The average molecular weight is 291 g/mol. The van der Waals surface area contributed by atoms with Gasteiger partial charge >= 0.3 is 5.97 Å². The van der Waals surface area contributed by atoms with Gasteiger partial charge in [0.1, 0.15) is 0 Å². The van der Waals surface area contributed by atoms with Crippen LogP contribution < -0.4 is 5.32 Å². The van der Waals surface area contributed by atoms with Gasteiger partial charge in [-0.1, -0.05) is 69.9 Å². The molecular formula is C18H29NO2. The highest BCUT2D eigenvalue weighted by Crippen LogP contribution is 2.19. The molecule has 0 radical (unpaired) electrons. The van der Waals surface area contributed by atoms with Crippen molar-refractivity contribution < 1.29 is 9.90 Å². The summed E-state index contributed by atoms with van der Waals surface area (Å²) >= 11 is 0. The molecular weight excluding hydrogens is 262 g/mol. The lowest BCUT2D eigenvalue weighted by Crippen LogP contribution is -2.40. The van der Waals surface area contributed by atoms with Crippen LogP contribution in [0.2, 0.25) is 0 Å². The largest absolute Gasteiger partial charge is 0.481 e. The molecule has 0 amide bonds. The Morgan fingerprint density at radius 2 is 1.71 bits per heavy atom. The molecule has 0 aromatic heterocycles. The van der Waals surface area contributed by atoms with Crippen LogP contribution in [0.15, 0.2) is 30.3 Å². The molecule has 0 aliphatic carbocycles. The lowest BCUT2D eigenvalue weighted by Gasteiger charge is -2.25. The molecule has 1 aromatic rings. The minimum atomic E-state index is -0.662. The predicted octanol–water partition coefficient (Wildman–Crippen LogP) is 4.23. The van der Waals surface area contributed by atoms with Crippen LogP contribution in [0.25, 0.3) is 0 Å². The Balaban J connectivity index is 2.65. The third kappa shape index (κ3) is 6.76. The molecule has 0 fully saturated rings. The molecule has 21 heavy (non-hydrogen) atoms. The van der Waals surface area contributed by atoms with Crippen LogP contribution in [-0.4, -0.2) is 17.1 Å². The Bertz CT molecular complexity index is 391. The quantitative estimate of drug-likeness (QED) is 0.641. The van der Waals surface area contributed by atoms with Gasteiger partial charge in [0.05, 0.1) is 5.92 Å². The van der Waals surface area contributed by atoms with Crippen LogP contribution in [0.4, 0.5) is 0 Å². The number of unbranched alkanes of at least 4 members (excludes halogenated alkanes) is 2. The summed E-state index contributed by atoms with van der Waals surface area (Å²) in [6.07, 6.45) is 5.90. The highest BCUT2D eigenvalue weighted by Gasteiger charge is 2.26. The highest BCUT2D eigenvalue weighted by molar-refractivity contribution is 5.70. The fourth-order valence-electron chi connectivity index (χ4n) is 2.64. The third-order valence-corrected chi connectivity index (χ3v) is 3.95. The molecule has 1 rings (SSSR count). The fourth-order valence-corrected chi connectivity index (χ4v) is 2.64. The smallest absolute Gasteiger partial charge is 0.308 e. The lowest BCUT2D eigenvalue weighted by atomic mass is 9.90. The maximum Gasteiger partial charge on any atom is 0.308 e. The van der Waals surface area contributed by atoms with Crippen LogP contribution in [0, 0.1) is 5.92 Å². The van der Waals surface area contributed by atoms with Gasteiger partial charge in [0.15, 0.2) is 0 Å². The summed E-state index contributed by atoms with van der Waals surface area (Å²) < 4.78 is 0. The summed E-state index contributed by atoms with van der Waals surface area (Å²) in [5.41, 5.74) is 1.21. The second kappa shape index (κ2) is 10.4. The van der Waals surface area contributed by atoms with Crippen molar-refractivity contribution in [2.24, 2.45) is 5.92 Å². The Labute approximate surface area is 128 Å². The summed E-state index contributed by atoms with van der Waals surface area (Å²) in [5.74, 6) is -0.940. The van der Waals surface area contributed by atoms with E-state index in [4.69, 9.17) is 0 Å². The second-order valence-corrected chi connectivity index (χ2v) is 5.70. The first kappa shape index (κ1) is 17.7. The maximum absolute atomic E-state index is 11.6. The van der Waals surface area contributed by atoms with E-state index >= 15 is 0 Å². The number of benzene rings is 1. The monoisotopic (exact) mass is 291 g/mol. The van der Waals surface area contributed by atoms with Crippen molar-refractivity contribution in [2.45, 2.75) is 65.0 Å². The predicted molar refractivity (Wildman–Crippen MR) is 87.2 cm³/mol. The number of aliphatic carboxylic acids is 1. The number of rotatable bonds is 11. The van der Waals surface area contributed by atoms with Crippen molar-refractivity contribution in [2.75, 3.05) is 0 Å².